The van der Waals surface area contributed by atoms with Crippen molar-refractivity contribution in [3.8, 4) is 0 Å². The van der Waals surface area contributed by atoms with Gasteiger partial charge in [-0.05, 0) is 0 Å². The first kappa shape index (κ1) is 31.0. The number of unbranched alkanes of at least 4 members (excludes halogenated alkanes) is 4. The van der Waals surface area contributed by atoms with Crippen LogP contribution in [0.2, 0.25) is 17.7 Å². The number of hydrogen-bond acceptors (Lipinski definition) is 3. The summed E-state index contributed by atoms with van der Waals surface area (Å²) in [6.07, 6.45) is 8.93. The van der Waals surface area contributed by atoms with Crippen molar-refractivity contribution in [2.75, 3.05) is 0 Å². The van der Waals surface area contributed by atoms with E-state index in [9.17, 15) is 4.79 Å². The van der Waals surface area contributed by atoms with Gasteiger partial charge in [-0.1, -0.05) is 0 Å². The van der Waals surface area contributed by atoms with E-state index in [1.807, 2.05) is 0 Å². The molecule has 0 unspecified atom stereocenters. The smallest absolute Gasteiger partial charge is 0.412 e. The van der Waals surface area contributed by atoms with Crippen LogP contribution in [0, 0.1) is 0 Å². The standard InChI is InChI=1S/4C4H9.C2HCl3O2.H2O.O.2Sn/c4*1-3-4-2;3-2(4,5)1(6)7;;;;/h4*1,3-4H2,2H3;(H,6,7);1H2;;;/q;;;;;;;;+1/p-1. The van der Waals surface area contributed by atoms with Gasteiger partial charge in [0.25, 0.3) is 0 Å². The molecule has 163 valence electrons. The van der Waals surface area contributed by atoms with Gasteiger partial charge in [-0.25, -0.2) is 0 Å². The Morgan fingerprint density at radius 3 is 1.59 bits per heavy atom. The van der Waals surface area contributed by atoms with Crippen LogP contribution in [0.25, 0.3) is 0 Å². The van der Waals surface area contributed by atoms with Crippen molar-refractivity contribution in [2.24, 2.45) is 0 Å². The maximum Gasteiger partial charge on any atom is -0.412 e. The Bertz CT molecular complexity index is 366. The van der Waals surface area contributed by atoms with Crippen molar-refractivity contribution in [3.63, 3.8) is 0 Å². The summed E-state index contributed by atoms with van der Waals surface area (Å²) in [6, 6.07) is 0. The molecule has 0 saturated heterocycles. The zero-order chi connectivity index (χ0) is 20.1. The first-order chi connectivity index (χ1) is 12.2. The van der Waals surface area contributed by atoms with Crippen LogP contribution in [0.3, 0.4) is 0 Å². The molecule has 1 radical (unpaired) electrons. The number of hydrogen-bond donors (Lipinski definition) is 0. The molecule has 9 heteroatoms. The first-order valence-electron chi connectivity index (χ1n) is 10.1. The average molecular weight is 662 g/mol. The van der Waals surface area contributed by atoms with E-state index < -0.39 is 49.1 Å². The topological polar surface area (TPSA) is 67.0 Å². The van der Waals surface area contributed by atoms with Gasteiger partial charge in [0.05, 0.1) is 0 Å². The minimum atomic E-state index is -3.60. The largest absolute Gasteiger partial charge is 0.412 e. The molecule has 0 aliphatic heterocycles. The molecule has 4 nitrogen and oxygen atoms in total. The molecule has 0 spiro atoms. The average Bonchev–Trinajstić information content (AvgIpc) is 2.59. The van der Waals surface area contributed by atoms with Crippen molar-refractivity contribution in [3.05, 3.63) is 0 Å². The van der Waals surface area contributed by atoms with E-state index >= 15 is 0 Å². The summed E-state index contributed by atoms with van der Waals surface area (Å²) in [6.45, 7) is 8.74. The number of rotatable bonds is 15. The summed E-state index contributed by atoms with van der Waals surface area (Å²) in [4.78, 5) is 12.4. The van der Waals surface area contributed by atoms with Gasteiger partial charge in [-0.3, -0.25) is 0 Å². The van der Waals surface area contributed by atoms with Gasteiger partial charge >= 0.3 is 190 Å². The van der Waals surface area contributed by atoms with Crippen LogP contribution in [0.5, 0.6) is 0 Å². The Kier molecular flexibility index (Phi) is 20.2. The predicted octanol–water partition coefficient (Wildman–Crippen LogP) is 6.73. The van der Waals surface area contributed by atoms with E-state index in [0.717, 1.165) is 34.6 Å². The summed E-state index contributed by atoms with van der Waals surface area (Å²) in [5.74, 6) is -0.723. The van der Waals surface area contributed by atoms with E-state index in [1.165, 1.54) is 34.6 Å². The molecule has 0 saturated carbocycles. The van der Waals surface area contributed by atoms with Crippen LogP contribution in [0.1, 0.15) is 79.1 Å². The number of carbonyl (C=O) groups is 1. The molecular weight excluding hydrogens is 624 g/mol. The zero-order valence-corrected chi connectivity index (χ0v) is 25.3. The molecule has 0 rings (SSSR count). The van der Waals surface area contributed by atoms with Crippen molar-refractivity contribution in [2.45, 2.75) is 101 Å². The normalized spacial score (nSPS) is 12.1. The molecule has 0 fully saturated rings. The molecule has 27 heavy (non-hydrogen) atoms. The van der Waals surface area contributed by atoms with Crippen molar-refractivity contribution < 1.29 is 14.8 Å². The zero-order valence-electron chi connectivity index (χ0n) is 17.3. The molecule has 0 heterocycles. The summed E-state index contributed by atoms with van der Waals surface area (Å²) in [7, 11) is 0. The summed E-state index contributed by atoms with van der Waals surface area (Å²) in [5, 5.41) is 0. The molecule has 0 aromatic carbocycles. The van der Waals surface area contributed by atoms with Crippen molar-refractivity contribution in [1.82, 2.24) is 0 Å². The summed E-state index contributed by atoms with van der Waals surface area (Å²) in [5.41, 5.74) is 0. The van der Waals surface area contributed by atoms with Gasteiger partial charge in [0.1, 0.15) is 0 Å². The van der Waals surface area contributed by atoms with Crippen LogP contribution in [0.4, 0.5) is 0 Å². The minimum Gasteiger partial charge on any atom is -0.412 e. The third-order valence-corrected chi connectivity index (χ3v) is 32.4. The molecule has 0 amide bonds. The van der Waals surface area contributed by atoms with Gasteiger partial charge < -0.3 is 5.48 Å². The van der Waals surface area contributed by atoms with Crippen LogP contribution >= 0.6 is 34.8 Å². The molecular formula is C18H38Cl3O4Sn2. The third-order valence-electron chi connectivity index (χ3n) is 4.28. The van der Waals surface area contributed by atoms with E-state index in [2.05, 4.69) is 27.7 Å². The second kappa shape index (κ2) is 17.5. The molecule has 0 aromatic rings. The Hall–Kier alpha value is 1.86. The fourth-order valence-electron chi connectivity index (χ4n) is 2.71. The number of halogens is 3. The van der Waals surface area contributed by atoms with Crippen LogP contribution in [-0.4, -0.2) is 54.6 Å². The van der Waals surface area contributed by atoms with Gasteiger partial charge in [0, 0.05) is 0 Å². The number of alkyl halides is 3. The van der Waals surface area contributed by atoms with Crippen LogP contribution in [-0.2, 0) is 9.28 Å². The molecule has 0 atom stereocenters. The predicted molar refractivity (Wildman–Crippen MR) is 121 cm³/mol. The van der Waals surface area contributed by atoms with Crippen LogP contribution in [0.15, 0.2) is 0 Å². The Labute approximate surface area is 193 Å². The fourth-order valence-corrected chi connectivity index (χ4v) is 37.6. The maximum absolute atomic E-state index is 12.4. The molecule has 0 aromatic heterocycles. The Balaban J connectivity index is 0. The summed E-state index contributed by atoms with van der Waals surface area (Å²) < 4.78 is 15.1. The maximum atomic E-state index is 12.4. The van der Waals surface area contributed by atoms with Crippen molar-refractivity contribution in [1.29, 1.82) is 0 Å². The van der Waals surface area contributed by atoms with Gasteiger partial charge in [-0.15, -0.1) is 0 Å². The molecule has 0 aliphatic rings. The van der Waals surface area contributed by atoms with Crippen LogP contribution < -0.4 is 0 Å². The number of carbonyl (C=O) groups excluding carboxylic acids is 1. The minimum absolute atomic E-state index is 0. The molecule has 0 aliphatic carbocycles. The Morgan fingerprint density at radius 2 is 1.26 bits per heavy atom. The fraction of sp³-hybridized carbons (Fsp3) is 0.944. The van der Waals surface area contributed by atoms with Gasteiger partial charge in [0.2, 0.25) is 0 Å². The molecule has 2 N–H and O–H groups in total. The SMILES string of the molecule is CCC[CH2][Sn]([CH2]CCC)[O][Sn]([CH2]CCC)([CH2]CCC)[O]C(=O)C(Cl)(Cl)Cl.O. The van der Waals surface area contributed by atoms with E-state index in [0.29, 0.717) is 0 Å². The van der Waals surface area contributed by atoms with Gasteiger partial charge in [0.15, 0.2) is 0 Å². The van der Waals surface area contributed by atoms with E-state index in [4.69, 9.17) is 39.3 Å². The third kappa shape index (κ3) is 14.5. The Morgan fingerprint density at radius 1 is 0.852 bits per heavy atom. The monoisotopic (exact) mass is 663 g/mol. The van der Waals surface area contributed by atoms with E-state index in [-0.39, 0.29) is 5.48 Å². The molecule has 0 bridgehead atoms. The van der Waals surface area contributed by atoms with Gasteiger partial charge in [-0.2, -0.15) is 0 Å². The second-order valence-electron chi connectivity index (χ2n) is 6.85. The second-order valence-corrected chi connectivity index (χ2v) is 28.2. The van der Waals surface area contributed by atoms with Crippen molar-refractivity contribution >= 4 is 80.2 Å². The van der Waals surface area contributed by atoms with E-state index in [1.54, 1.807) is 0 Å². The summed E-state index contributed by atoms with van der Waals surface area (Å²) >= 11 is 11.8. The quantitative estimate of drug-likeness (QED) is 0.145. The first-order valence-corrected chi connectivity index (χ1v) is 22.8.